The van der Waals surface area contributed by atoms with Crippen molar-refractivity contribution in [1.82, 2.24) is 14.8 Å². The number of anilines is 1. The minimum absolute atomic E-state index is 0.00198. The molecule has 0 radical (unpaired) electrons. The molecule has 1 aromatic heterocycles. The Balaban J connectivity index is 1.82. The van der Waals surface area contributed by atoms with E-state index in [9.17, 15) is 24.2 Å². The highest BCUT2D eigenvalue weighted by molar-refractivity contribution is 6.06. The standard InChI is InChI=1S/C24H21FN4O5/c1-34-17-8-6-16(7-9-17)26-23(32)19-11-18(14(12-30)10-15(19)13-31)22-27-28-24(33)29(22)21-5-3-2-4-20(21)25/h2-11,30-31H,12-13H2,1H3,(H,26,32)(H,28,33). The molecule has 10 heteroatoms. The Kier molecular flexibility index (Phi) is 6.53. The molecule has 0 fully saturated rings. The number of amides is 1. The quantitative estimate of drug-likeness (QED) is 0.333. The predicted molar refractivity (Wildman–Crippen MR) is 122 cm³/mol. The molecule has 0 aliphatic carbocycles. The van der Waals surface area contributed by atoms with Gasteiger partial charge in [-0.3, -0.25) is 4.79 Å². The SMILES string of the molecule is COc1ccc(NC(=O)c2cc(-c3n[nH]c(=O)n3-c3ccccc3F)c(CO)cc2CO)cc1. The molecule has 1 heterocycles. The Hall–Kier alpha value is -4.28. The van der Waals surface area contributed by atoms with Gasteiger partial charge >= 0.3 is 5.69 Å². The van der Waals surface area contributed by atoms with Crippen molar-refractivity contribution in [3.8, 4) is 22.8 Å². The summed E-state index contributed by atoms with van der Waals surface area (Å²) in [4.78, 5) is 25.6. The average Bonchev–Trinajstić information content (AvgIpc) is 3.24. The Morgan fingerprint density at radius 2 is 1.79 bits per heavy atom. The first-order valence-electron chi connectivity index (χ1n) is 10.2. The summed E-state index contributed by atoms with van der Waals surface area (Å²) >= 11 is 0. The fraction of sp³-hybridized carbons (Fsp3) is 0.125. The first-order valence-corrected chi connectivity index (χ1v) is 10.2. The number of aliphatic hydroxyl groups excluding tert-OH is 2. The first-order chi connectivity index (χ1) is 16.5. The van der Waals surface area contributed by atoms with Crippen molar-refractivity contribution in [2.24, 2.45) is 0 Å². The molecule has 0 bridgehead atoms. The normalized spacial score (nSPS) is 10.8. The number of nitrogens with zero attached hydrogens (tertiary/aromatic N) is 2. The number of carbonyl (C=O) groups is 1. The third kappa shape index (κ3) is 4.32. The van der Waals surface area contributed by atoms with Crippen molar-refractivity contribution in [2.75, 3.05) is 12.4 Å². The molecule has 0 aliphatic heterocycles. The highest BCUT2D eigenvalue weighted by Gasteiger charge is 2.22. The summed E-state index contributed by atoms with van der Waals surface area (Å²) in [6.07, 6.45) is 0. The summed E-state index contributed by atoms with van der Waals surface area (Å²) in [7, 11) is 1.53. The van der Waals surface area contributed by atoms with Gasteiger partial charge in [-0.2, -0.15) is 5.10 Å². The van der Waals surface area contributed by atoms with Gasteiger partial charge in [0.25, 0.3) is 5.91 Å². The largest absolute Gasteiger partial charge is 0.497 e. The van der Waals surface area contributed by atoms with E-state index in [1.54, 1.807) is 30.3 Å². The van der Waals surface area contributed by atoms with Crippen molar-refractivity contribution in [3.05, 3.63) is 93.7 Å². The molecule has 4 aromatic rings. The Morgan fingerprint density at radius 1 is 1.09 bits per heavy atom. The Labute approximate surface area is 193 Å². The van der Waals surface area contributed by atoms with Gasteiger partial charge < -0.3 is 20.3 Å². The summed E-state index contributed by atoms with van der Waals surface area (Å²) < 4.78 is 20.6. The van der Waals surface area contributed by atoms with Crippen LogP contribution >= 0.6 is 0 Å². The highest BCUT2D eigenvalue weighted by atomic mass is 19.1. The lowest BCUT2D eigenvalue weighted by Gasteiger charge is -2.15. The van der Waals surface area contributed by atoms with Crippen molar-refractivity contribution >= 4 is 11.6 Å². The number of hydrogen-bond donors (Lipinski definition) is 4. The van der Waals surface area contributed by atoms with Crippen LogP contribution in [0.2, 0.25) is 0 Å². The predicted octanol–water partition coefficient (Wildman–Crippen LogP) is 2.61. The molecule has 0 atom stereocenters. The number of nitrogens with one attached hydrogen (secondary N) is 2. The summed E-state index contributed by atoms with van der Waals surface area (Å²) in [5.74, 6) is -0.562. The molecule has 174 valence electrons. The van der Waals surface area contributed by atoms with Crippen molar-refractivity contribution in [3.63, 3.8) is 0 Å². The van der Waals surface area contributed by atoms with E-state index in [2.05, 4.69) is 15.5 Å². The monoisotopic (exact) mass is 464 g/mol. The van der Waals surface area contributed by atoms with Gasteiger partial charge in [-0.1, -0.05) is 12.1 Å². The van der Waals surface area contributed by atoms with Crippen LogP contribution in [0.3, 0.4) is 0 Å². The minimum Gasteiger partial charge on any atom is -0.497 e. The lowest BCUT2D eigenvalue weighted by molar-refractivity contribution is 0.102. The van der Waals surface area contributed by atoms with Crippen molar-refractivity contribution < 1.29 is 24.1 Å². The zero-order valence-electron chi connectivity index (χ0n) is 18.1. The zero-order valence-corrected chi connectivity index (χ0v) is 18.1. The van der Waals surface area contributed by atoms with E-state index in [-0.39, 0.29) is 28.2 Å². The fourth-order valence-corrected chi connectivity index (χ4v) is 3.58. The minimum atomic E-state index is -0.695. The number of aliphatic hydroxyl groups is 2. The smallest absolute Gasteiger partial charge is 0.348 e. The number of rotatable bonds is 7. The van der Waals surface area contributed by atoms with Crippen LogP contribution in [0.25, 0.3) is 17.1 Å². The average molecular weight is 464 g/mol. The third-order valence-electron chi connectivity index (χ3n) is 5.27. The maximum absolute atomic E-state index is 14.5. The summed E-state index contributed by atoms with van der Waals surface area (Å²) in [6.45, 7) is -0.944. The van der Waals surface area contributed by atoms with Gasteiger partial charge in [0.15, 0.2) is 5.82 Å². The number of methoxy groups -OCH3 is 1. The first kappa shape index (κ1) is 22.9. The molecule has 0 unspecified atom stereocenters. The van der Waals surface area contributed by atoms with E-state index in [1.165, 1.54) is 37.4 Å². The van der Waals surface area contributed by atoms with E-state index in [1.807, 2.05) is 0 Å². The van der Waals surface area contributed by atoms with Crippen molar-refractivity contribution in [2.45, 2.75) is 13.2 Å². The third-order valence-corrected chi connectivity index (χ3v) is 5.27. The van der Waals surface area contributed by atoms with Crippen LogP contribution in [0, 0.1) is 5.82 Å². The van der Waals surface area contributed by atoms with Gasteiger partial charge in [-0.25, -0.2) is 18.9 Å². The van der Waals surface area contributed by atoms with E-state index < -0.39 is 30.6 Å². The molecular formula is C24H21FN4O5. The summed E-state index contributed by atoms with van der Waals surface area (Å²) in [6, 6.07) is 15.2. The molecule has 0 aliphatic rings. The molecule has 0 spiro atoms. The highest BCUT2D eigenvalue weighted by Crippen LogP contribution is 2.28. The van der Waals surface area contributed by atoms with Gasteiger partial charge in [-0.05, 0) is 59.7 Å². The maximum Gasteiger partial charge on any atom is 0.348 e. The van der Waals surface area contributed by atoms with Crippen LogP contribution in [-0.4, -0.2) is 38.0 Å². The molecule has 0 saturated heterocycles. The number of benzene rings is 3. The number of aromatic nitrogens is 3. The van der Waals surface area contributed by atoms with Crippen LogP contribution in [-0.2, 0) is 13.2 Å². The van der Waals surface area contributed by atoms with Crippen LogP contribution in [0.1, 0.15) is 21.5 Å². The number of ether oxygens (including phenoxy) is 1. The topological polar surface area (TPSA) is 129 Å². The van der Waals surface area contributed by atoms with E-state index in [0.717, 1.165) is 4.57 Å². The number of hydrogen-bond acceptors (Lipinski definition) is 6. The van der Waals surface area contributed by atoms with Crippen LogP contribution in [0.15, 0.2) is 65.5 Å². The maximum atomic E-state index is 14.5. The lowest BCUT2D eigenvalue weighted by Crippen LogP contribution is -2.18. The lowest BCUT2D eigenvalue weighted by atomic mass is 9.97. The van der Waals surface area contributed by atoms with E-state index >= 15 is 0 Å². The molecular weight excluding hydrogens is 443 g/mol. The van der Waals surface area contributed by atoms with Gasteiger partial charge in [0.05, 0.1) is 26.0 Å². The van der Waals surface area contributed by atoms with E-state index in [0.29, 0.717) is 17.0 Å². The second-order valence-corrected chi connectivity index (χ2v) is 7.30. The molecule has 9 nitrogen and oxygen atoms in total. The molecule has 0 saturated carbocycles. The number of carbonyl (C=O) groups excluding carboxylic acids is 1. The molecule has 1 amide bonds. The molecule has 4 rings (SSSR count). The molecule has 3 aromatic carbocycles. The van der Waals surface area contributed by atoms with Gasteiger partial charge in [-0.15, -0.1) is 0 Å². The number of aromatic amines is 1. The van der Waals surface area contributed by atoms with Gasteiger partial charge in [0.2, 0.25) is 0 Å². The fourth-order valence-electron chi connectivity index (χ4n) is 3.58. The van der Waals surface area contributed by atoms with Gasteiger partial charge in [0.1, 0.15) is 11.6 Å². The Bertz CT molecular complexity index is 1400. The summed E-state index contributed by atoms with van der Waals surface area (Å²) in [5.41, 5.74) is 0.624. The number of para-hydroxylation sites is 1. The summed E-state index contributed by atoms with van der Waals surface area (Å²) in [5, 5.41) is 28.8. The van der Waals surface area contributed by atoms with Crippen molar-refractivity contribution in [1.29, 1.82) is 0 Å². The Morgan fingerprint density at radius 3 is 2.44 bits per heavy atom. The molecule has 4 N–H and O–H groups in total. The van der Waals surface area contributed by atoms with Crippen LogP contribution in [0.4, 0.5) is 10.1 Å². The van der Waals surface area contributed by atoms with Gasteiger partial charge in [0, 0.05) is 16.8 Å². The number of halogens is 1. The second kappa shape index (κ2) is 9.69. The second-order valence-electron chi connectivity index (χ2n) is 7.30. The molecule has 34 heavy (non-hydrogen) atoms. The van der Waals surface area contributed by atoms with E-state index in [4.69, 9.17) is 4.74 Å². The number of H-pyrrole nitrogens is 1. The van der Waals surface area contributed by atoms with Crippen LogP contribution in [0.5, 0.6) is 5.75 Å². The zero-order chi connectivity index (χ0) is 24.2. The van der Waals surface area contributed by atoms with Crippen LogP contribution < -0.4 is 15.7 Å².